The Kier molecular flexibility index (Phi) is 11.3. The van der Waals surface area contributed by atoms with Gasteiger partial charge >= 0.3 is 13.7 Å². The Bertz CT molecular complexity index is 761. The van der Waals surface area contributed by atoms with Crippen molar-refractivity contribution in [1.82, 2.24) is 10.6 Å². The van der Waals surface area contributed by atoms with E-state index in [0.29, 0.717) is 0 Å². The maximum atomic E-state index is 14.7. The average molecular weight is 475 g/mol. The second-order valence-electron chi connectivity index (χ2n) is 8.34. The number of amides is 2. The van der Waals surface area contributed by atoms with Crippen molar-refractivity contribution in [1.29, 1.82) is 0 Å². The second kappa shape index (κ2) is 12.9. The Balaban J connectivity index is 2.87. The summed E-state index contributed by atoms with van der Waals surface area (Å²) < 4.78 is 42.6. The number of alkyl carbamates (subject to hydrolysis) is 1. The van der Waals surface area contributed by atoms with Gasteiger partial charge in [-0.2, -0.15) is 0 Å². The molecule has 0 saturated carbocycles. The molecule has 0 aliphatic carbocycles. The number of alkyl halides is 1. The Hall–Kier alpha value is -1.96. The third-order valence-electron chi connectivity index (χ3n) is 4.19. The molecule has 0 spiro atoms. The topological polar surface area (TPSA) is 103 Å². The number of carbonyl (C=O) groups is 2. The minimum absolute atomic E-state index is 0.0391. The quantitative estimate of drug-likeness (QED) is 0.430. The Labute approximate surface area is 190 Å². The molecule has 0 radical (unpaired) electrons. The van der Waals surface area contributed by atoms with E-state index in [4.69, 9.17) is 13.8 Å². The number of benzene rings is 1. The van der Waals surface area contributed by atoms with Gasteiger partial charge in [-0.15, -0.1) is 0 Å². The molecule has 182 valence electrons. The van der Waals surface area contributed by atoms with Gasteiger partial charge in [0.25, 0.3) is 0 Å². The van der Waals surface area contributed by atoms with E-state index in [1.54, 1.807) is 41.5 Å². The first-order valence-electron chi connectivity index (χ1n) is 10.8. The van der Waals surface area contributed by atoms with Crippen LogP contribution in [-0.4, -0.2) is 48.8 Å². The molecule has 0 fully saturated rings. The van der Waals surface area contributed by atoms with Crippen LogP contribution in [-0.2, 0) is 29.6 Å². The van der Waals surface area contributed by atoms with Crippen LogP contribution in [0.15, 0.2) is 30.3 Å². The van der Waals surface area contributed by atoms with Gasteiger partial charge in [0.2, 0.25) is 11.8 Å². The molecule has 1 rings (SSSR count). The summed E-state index contributed by atoms with van der Waals surface area (Å²) in [7, 11) is -3.94. The Morgan fingerprint density at radius 2 is 1.62 bits per heavy atom. The van der Waals surface area contributed by atoms with Crippen LogP contribution in [0.3, 0.4) is 0 Å². The number of hydrogen-bond donors (Lipinski definition) is 2. The molecule has 1 aromatic carbocycles. The highest BCUT2D eigenvalue weighted by Gasteiger charge is 2.37. The minimum atomic E-state index is -3.94. The van der Waals surface area contributed by atoms with Crippen LogP contribution in [0.4, 0.5) is 9.18 Å². The molecule has 0 aliphatic rings. The lowest BCUT2D eigenvalue weighted by Crippen LogP contribution is -2.51. The summed E-state index contributed by atoms with van der Waals surface area (Å²) >= 11 is 0. The first kappa shape index (κ1) is 28.1. The van der Waals surface area contributed by atoms with Crippen molar-refractivity contribution < 1.29 is 32.3 Å². The molecule has 0 heterocycles. The minimum Gasteiger partial charge on any atom is -0.444 e. The zero-order valence-electron chi connectivity index (χ0n) is 19.7. The number of carbonyl (C=O) groups excluding carboxylic acids is 2. The third-order valence-corrected chi connectivity index (χ3v) is 6.32. The smallest absolute Gasteiger partial charge is 0.408 e. The Morgan fingerprint density at radius 3 is 2.12 bits per heavy atom. The van der Waals surface area contributed by atoms with E-state index in [1.807, 2.05) is 30.3 Å². The molecular formula is C22H36FN2O6P. The Morgan fingerprint density at radius 1 is 1.06 bits per heavy atom. The molecule has 1 aromatic rings. The number of hydrogen-bond acceptors (Lipinski definition) is 6. The van der Waals surface area contributed by atoms with E-state index in [-0.39, 0.29) is 26.1 Å². The van der Waals surface area contributed by atoms with Crippen LogP contribution in [0.5, 0.6) is 0 Å². The summed E-state index contributed by atoms with van der Waals surface area (Å²) in [6.45, 7) is 10.0. The SMILES string of the molecule is CCOP(=O)(OCC)C(F)CC(C)NC(=O)[C@H](Cc1ccccc1)NC(=O)OC(C)(C)C. The highest BCUT2D eigenvalue weighted by Crippen LogP contribution is 2.55. The van der Waals surface area contributed by atoms with E-state index in [0.717, 1.165) is 5.56 Å². The molecule has 0 bridgehead atoms. The van der Waals surface area contributed by atoms with Crippen molar-refractivity contribution in [2.45, 2.75) is 78.0 Å². The van der Waals surface area contributed by atoms with Gasteiger partial charge in [-0.25, -0.2) is 9.18 Å². The van der Waals surface area contributed by atoms with Crippen molar-refractivity contribution >= 4 is 19.6 Å². The van der Waals surface area contributed by atoms with E-state index in [2.05, 4.69) is 10.6 Å². The van der Waals surface area contributed by atoms with E-state index < -0.39 is 43.2 Å². The van der Waals surface area contributed by atoms with Gasteiger partial charge in [0.05, 0.1) is 13.2 Å². The third kappa shape index (κ3) is 10.1. The standard InChI is InChI=1S/C22H36FN2O6P/c1-7-29-32(28,30-8-2)19(23)14-16(3)24-20(26)18(15-17-12-10-9-11-13-17)25-21(27)31-22(4,5)6/h9-13,16,18-19H,7-8,14-15H2,1-6H3,(H,24,26)(H,25,27)/t16?,18-,19?/m0/s1. The maximum Gasteiger partial charge on any atom is 0.408 e. The summed E-state index contributed by atoms with van der Waals surface area (Å²) in [5.74, 6) is -2.41. The molecule has 0 aliphatic heterocycles. The lowest BCUT2D eigenvalue weighted by Gasteiger charge is -2.26. The zero-order valence-corrected chi connectivity index (χ0v) is 20.6. The number of rotatable bonds is 12. The lowest BCUT2D eigenvalue weighted by molar-refractivity contribution is -0.123. The van der Waals surface area contributed by atoms with Crippen LogP contribution in [0.25, 0.3) is 0 Å². The van der Waals surface area contributed by atoms with Gasteiger partial charge < -0.3 is 24.4 Å². The van der Waals surface area contributed by atoms with Gasteiger partial charge in [0, 0.05) is 18.9 Å². The molecule has 3 atom stereocenters. The normalized spacial score (nSPS) is 14.8. The fourth-order valence-electron chi connectivity index (χ4n) is 2.89. The first-order valence-corrected chi connectivity index (χ1v) is 12.4. The number of ether oxygens (including phenoxy) is 1. The predicted molar refractivity (Wildman–Crippen MR) is 121 cm³/mol. The van der Waals surface area contributed by atoms with Gasteiger partial charge in [0.15, 0.2) is 0 Å². The predicted octanol–water partition coefficient (Wildman–Crippen LogP) is 4.58. The largest absolute Gasteiger partial charge is 0.444 e. The number of halogens is 1. The average Bonchev–Trinajstić information content (AvgIpc) is 2.67. The van der Waals surface area contributed by atoms with Crippen LogP contribution in [0, 0.1) is 0 Å². The van der Waals surface area contributed by atoms with Gasteiger partial charge in [-0.3, -0.25) is 9.36 Å². The van der Waals surface area contributed by atoms with E-state index in [9.17, 15) is 18.5 Å². The van der Waals surface area contributed by atoms with Crippen LogP contribution in [0.1, 0.15) is 53.5 Å². The first-order chi connectivity index (χ1) is 14.9. The molecule has 2 unspecified atom stereocenters. The van der Waals surface area contributed by atoms with Crippen LogP contribution < -0.4 is 10.6 Å². The summed E-state index contributed by atoms with van der Waals surface area (Å²) in [6.07, 6.45) is -0.788. The summed E-state index contributed by atoms with van der Waals surface area (Å²) in [6, 6.07) is 7.53. The number of nitrogens with one attached hydrogen (secondary N) is 2. The van der Waals surface area contributed by atoms with Crippen molar-refractivity contribution in [3.8, 4) is 0 Å². The fraction of sp³-hybridized carbons (Fsp3) is 0.636. The van der Waals surface area contributed by atoms with Crippen molar-refractivity contribution in [2.24, 2.45) is 0 Å². The molecule has 2 amide bonds. The second-order valence-corrected chi connectivity index (χ2v) is 10.5. The highest BCUT2D eigenvalue weighted by molar-refractivity contribution is 7.54. The summed E-state index contributed by atoms with van der Waals surface area (Å²) in [4.78, 5) is 25.2. The molecule has 0 saturated heterocycles. The zero-order chi connectivity index (χ0) is 24.4. The molecule has 0 aromatic heterocycles. The van der Waals surface area contributed by atoms with Crippen LogP contribution >= 0.6 is 7.60 Å². The van der Waals surface area contributed by atoms with Gasteiger partial charge in [-0.1, -0.05) is 30.3 Å². The summed E-state index contributed by atoms with van der Waals surface area (Å²) in [5, 5.41) is 5.25. The molecular weight excluding hydrogens is 438 g/mol. The van der Waals surface area contributed by atoms with Crippen LogP contribution in [0.2, 0.25) is 0 Å². The lowest BCUT2D eigenvalue weighted by atomic mass is 10.0. The van der Waals surface area contributed by atoms with Gasteiger partial charge in [0.1, 0.15) is 11.6 Å². The summed E-state index contributed by atoms with van der Waals surface area (Å²) in [5.41, 5.74) is 0.101. The molecule has 8 nitrogen and oxygen atoms in total. The van der Waals surface area contributed by atoms with Gasteiger partial charge in [-0.05, 0) is 47.1 Å². The molecule has 10 heteroatoms. The van der Waals surface area contributed by atoms with Crippen molar-refractivity contribution in [3.63, 3.8) is 0 Å². The molecule has 2 N–H and O–H groups in total. The van der Waals surface area contributed by atoms with E-state index in [1.165, 1.54) is 0 Å². The fourth-order valence-corrected chi connectivity index (χ4v) is 4.58. The monoisotopic (exact) mass is 474 g/mol. The highest BCUT2D eigenvalue weighted by atomic mass is 31.2. The van der Waals surface area contributed by atoms with E-state index >= 15 is 0 Å². The van der Waals surface area contributed by atoms with Crippen molar-refractivity contribution in [3.05, 3.63) is 35.9 Å². The maximum absolute atomic E-state index is 14.7. The van der Waals surface area contributed by atoms with Crippen molar-refractivity contribution in [2.75, 3.05) is 13.2 Å². The molecule has 32 heavy (non-hydrogen) atoms.